The molecule has 2 aromatic rings. The molecule has 29 heavy (non-hydrogen) atoms. The van der Waals surface area contributed by atoms with E-state index in [1.165, 1.54) is 11.3 Å². The molecule has 1 fully saturated rings. The van der Waals surface area contributed by atoms with Crippen molar-refractivity contribution < 1.29 is 14.3 Å². The molecule has 7 heteroatoms. The molecule has 154 valence electrons. The minimum Gasteiger partial charge on any atom is -0.378 e. The van der Waals surface area contributed by atoms with E-state index in [-0.39, 0.29) is 0 Å². The fourth-order valence-corrected chi connectivity index (χ4v) is 3.26. The first-order valence-corrected chi connectivity index (χ1v) is 10.2. The average Bonchev–Trinajstić information content (AvgIpc) is 2.77. The lowest BCUT2D eigenvalue weighted by atomic mass is 10.1. The summed E-state index contributed by atoms with van der Waals surface area (Å²) in [7, 11) is 0. The smallest absolute Gasteiger partial charge is 0.309 e. The lowest BCUT2D eigenvalue weighted by molar-refractivity contribution is -0.139. The molecule has 3 rings (SSSR count). The number of ether oxygens (including phenoxy) is 1. The summed E-state index contributed by atoms with van der Waals surface area (Å²) in [5, 5.41) is 5.91. The number of rotatable bonds is 7. The number of nitrogens with zero attached hydrogens (tertiary/aromatic N) is 1. The highest BCUT2D eigenvalue weighted by Gasteiger charge is 2.13. The molecule has 0 atom stereocenters. The number of carbonyl (C=O) groups is 2. The van der Waals surface area contributed by atoms with Gasteiger partial charge in [-0.15, -0.1) is 0 Å². The van der Waals surface area contributed by atoms with Gasteiger partial charge in [-0.1, -0.05) is 35.9 Å². The number of hydrogen-bond acceptors (Lipinski definition) is 4. The molecule has 6 nitrogen and oxygen atoms in total. The summed E-state index contributed by atoms with van der Waals surface area (Å²) in [5.74, 6) is -1.24. The van der Waals surface area contributed by atoms with Gasteiger partial charge in [0.2, 0.25) is 0 Å². The zero-order valence-corrected chi connectivity index (χ0v) is 17.1. The largest absolute Gasteiger partial charge is 0.378 e. The van der Waals surface area contributed by atoms with E-state index >= 15 is 0 Å². The number of amides is 2. The maximum atomic E-state index is 11.9. The van der Waals surface area contributed by atoms with E-state index in [0.717, 1.165) is 44.7 Å². The molecule has 2 aromatic carbocycles. The Kier molecular flexibility index (Phi) is 7.90. The number of anilines is 1. The third kappa shape index (κ3) is 6.76. The van der Waals surface area contributed by atoms with Crippen molar-refractivity contribution in [1.82, 2.24) is 10.6 Å². The third-order valence-corrected chi connectivity index (χ3v) is 5.06. The van der Waals surface area contributed by atoms with Crippen LogP contribution in [0.4, 0.5) is 5.69 Å². The fourth-order valence-electron chi connectivity index (χ4n) is 3.13. The molecule has 0 aromatic heterocycles. The van der Waals surface area contributed by atoms with Crippen LogP contribution in [0.2, 0.25) is 5.02 Å². The number of aryl methyl sites for hydroxylation is 1. The van der Waals surface area contributed by atoms with E-state index in [9.17, 15) is 9.59 Å². The van der Waals surface area contributed by atoms with Crippen LogP contribution in [-0.4, -0.2) is 44.7 Å². The highest BCUT2D eigenvalue weighted by atomic mass is 35.5. The van der Waals surface area contributed by atoms with Gasteiger partial charge in [0.25, 0.3) is 0 Å². The number of nitrogens with one attached hydrogen (secondary N) is 2. The summed E-state index contributed by atoms with van der Waals surface area (Å²) in [4.78, 5) is 26.1. The molecule has 0 unspecified atom stereocenters. The van der Waals surface area contributed by atoms with Crippen LogP contribution in [0.1, 0.15) is 17.5 Å². The molecular weight excluding hydrogens is 390 g/mol. The second kappa shape index (κ2) is 10.8. The molecule has 2 N–H and O–H groups in total. The Hall–Kier alpha value is -2.57. The van der Waals surface area contributed by atoms with Gasteiger partial charge in [-0.05, 0) is 48.2 Å². The van der Waals surface area contributed by atoms with E-state index in [4.69, 9.17) is 16.3 Å². The Morgan fingerprint density at radius 3 is 2.21 bits per heavy atom. The summed E-state index contributed by atoms with van der Waals surface area (Å²) < 4.78 is 5.38. The maximum absolute atomic E-state index is 11.9. The summed E-state index contributed by atoms with van der Waals surface area (Å²) in [5.41, 5.74) is 3.31. The third-order valence-electron chi connectivity index (χ3n) is 4.81. The number of benzene rings is 2. The molecule has 0 aliphatic carbocycles. The van der Waals surface area contributed by atoms with E-state index in [1.807, 2.05) is 12.1 Å². The van der Waals surface area contributed by atoms with Crippen molar-refractivity contribution >= 4 is 29.1 Å². The van der Waals surface area contributed by atoms with Crippen molar-refractivity contribution in [2.24, 2.45) is 0 Å². The number of halogens is 1. The predicted molar refractivity (Wildman–Crippen MR) is 114 cm³/mol. The van der Waals surface area contributed by atoms with Crippen molar-refractivity contribution in [2.45, 2.75) is 19.4 Å². The predicted octanol–water partition coefficient (Wildman–Crippen LogP) is 2.54. The zero-order valence-electron chi connectivity index (χ0n) is 16.3. The molecule has 1 aliphatic rings. The normalized spacial score (nSPS) is 13.8. The van der Waals surface area contributed by atoms with E-state index in [0.29, 0.717) is 18.1 Å². The minimum atomic E-state index is -0.630. The molecule has 0 saturated carbocycles. The quantitative estimate of drug-likeness (QED) is 0.538. The average molecular weight is 416 g/mol. The summed E-state index contributed by atoms with van der Waals surface area (Å²) in [6, 6.07) is 15.6. The van der Waals surface area contributed by atoms with E-state index in [2.05, 4.69) is 39.8 Å². The van der Waals surface area contributed by atoms with Gasteiger partial charge < -0.3 is 20.3 Å². The van der Waals surface area contributed by atoms with Gasteiger partial charge in [-0.3, -0.25) is 9.59 Å². The summed E-state index contributed by atoms with van der Waals surface area (Å²) in [6.45, 7) is 4.14. The molecule has 1 aliphatic heterocycles. The van der Waals surface area contributed by atoms with E-state index < -0.39 is 11.8 Å². The van der Waals surface area contributed by atoms with Crippen LogP contribution in [0.5, 0.6) is 0 Å². The SMILES string of the molecule is O=C(NCCCc1ccc(N2CCOCC2)cc1)C(=O)NCc1ccc(Cl)cc1. The lowest BCUT2D eigenvalue weighted by Crippen LogP contribution is -2.40. The van der Waals surface area contributed by atoms with Gasteiger partial charge >= 0.3 is 11.8 Å². The van der Waals surface area contributed by atoms with Gasteiger partial charge in [0, 0.05) is 36.9 Å². The van der Waals surface area contributed by atoms with Crippen molar-refractivity contribution in [3.05, 3.63) is 64.7 Å². The van der Waals surface area contributed by atoms with Crippen LogP contribution in [0.25, 0.3) is 0 Å². The van der Waals surface area contributed by atoms with Crippen molar-refractivity contribution in [1.29, 1.82) is 0 Å². The highest BCUT2D eigenvalue weighted by Crippen LogP contribution is 2.17. The molecule has 1 heterocycles. The number of hydrogen-bond donors (Lipinski definition) is 2. The highest BCUT2D eigenvalue weighted by molar-refractivity contribution is 6.35. The first-order chi connectivity index (χ1) is 14.1. The van der Waals surface area contributed by atoms with Gasteiger partial charge in [0.15, 0.2) is 0 Å². The van der Waals surface area contributed by atoms with Crippen LogP contribution in [0, 0.1) is 0 Å². The van der Waals surface area contributed by atoms with Crippen LogP contribution >= 0.6 is 11.6 Å². The zero-order chi connectivity index (χ0) is 20.5. The molecule has 1 saturated heterocycles. The van der Waals surface area contributed by atoms with Gasteiger partial charge in [-0.2, -0.15) is 0 Å². The molecular formula is C22H26ClN3O3. The Balaban J connectivity index is 1.33. The lowest BCUT2D eigenvalue weighted by Gasteiger charge is -2.28. The second-order valence-corrected chi connectivity index (χ2v) is 7.37. The summed E-state index contributed by atoms with van der Waals surface area (Å²) in [6.07, 6.45) is 1.61. The molecule has 0 bridgehead atoms. The van der Waals surface area contributed by atoms with Gasteiger partial charge in [0.1, 0.15) is 0 Å². The number of carbonyl (C=O) groups excluding carboxylic acids is 2. The molecule has 2 amide bonds. The number of morpholine rings is 1. The Bertz CT molecular complexity index is 803. The minimum absolute atomic E-state index is 0.291. The second-order valence-electron chi connectivity index (χ2n) is 6.93. The van der Waals surface area contributed by atoms with Crippen LogP contribution in [-0.2, 0) is 27.3 Å². The monoisotopic (exact) mass is 415 g/mol. The molecule has 0 radical (unpaired) electrons. The Morgan fingerprint density at radius 1 is 0.897 bits per heavy atom. The first kappa shape index (κ1) is 21.1. The maximum Gasteiger partial charge on any atom is 0.309 e. The van der Waals surface area contributed by atoms with Gasteiger partial charge in [-0.25, -0.2) is 0 Å². The first-order valence-electron chi connectivity index (χ1n) is 9.84. The summed E-state index contributed by atoms with van der Waals surface area (Å²) >= 11 is 5.83. The topological polar surface area (TPSA) is 70.7 Å². The van der Waals surface area contributed by atoms with Gasteiger partial charge in [0.05, 0.1) is 13.2 Å². The van der Waals surface area contributed by atoms with E-state index in [1.54, 1.807) is 12.1 Å². The standard InChI is InChI=1S/C22H26ClN3O3/c23-19-7-3-18(4-8-19)16-25-22(28)21(27)24-11-1-2-17-5-9-20(10-6-17)26-12-14-29-15-13-26/h3-10H,1-2,11-16H2,(H,24,27)(H,25,28). The Labute approximate surface area is 176 Å². The van der Waals surface area contributed by atoms with Crippen LogP contribution in [0.15, 0.2) is 48.5 Å². The van der Waals surface area contributed by atoms with Crippen molar-refractivity contribution in [2.75, 3.05) is 37.7 Å². The Morgan fingerprint density at radius 2 is 1.52 bits per heavy atom. The van der Waals surface area contributed by atoms with Crippen molar-refractivity contribution in [3.8, 4) is 0 Å². The fraction of sp³-hybridized carbons (Fsp3) is 0.364. The van der Waals surface area contributed by atoms with Crippen LogP contribution < -0.4 is 15.5 Å². The van der Waals surface area contributed by atoms with Crippen LogP contribution in [0.3, 0.4) is 0 Å². The van der Waals surface area contributed by atoms with Crippen molar-refractivity contribution in [3.63, 3.8) is 0 Å². The molecule has 0 spiro atoms.